The largest absolute Gasteiger partial charge is 0.386 e. The predicted octanol–water partition coefficient (Wildman–Crippen LogP) is 1.20. The minimum atomic E-state index is -0.633. The third-order valence-corrected chi connectivity index (χ3v) is 2.41. The lowest BCUT2D eigenvalue weighted by atomic mass is 10.0. The van der Waals surface area contributed by atoms with Crippen molar-refractivity contribution >= 4 is 6.41 Å². The van der Waals surface area contributed by atoms with Gasteiger partial charge in [0.15, 0.2) is 0 Å². The Bertz CT molecular complexity index is 287. The molecule has 0 aliphatic heterocycles. The van der Waals surface area contributed by atoms with Gasteiger partial charge in [-0.05, 0) is 12.5 Å². The molecule has 0 heterocycles. The number of aliphatic hydroxyl groups is 1. The van der Waals surface area contributed by atoms with Crippen molar-refractivity contribution in [2.24, 2.45) is 0 Å². The van der Waals surface area contributed by atoms with E-state index < -0.39 is 6.10 Å². The molecule has 0 bridgehead atoms. The maximum absolute atomic E-state index is 10.5. The van der Waals surface area contributed by atoms with Crippen molar-refractivity contribution in [1.29, 1.82) is 0 Å². The number of benzene rings is 1. The first-order valence-electron chi connectivity index (χ1n) is 4.57. The second-order valence-electron chi connectivity index (χ2n) is 3.37. The summed E-state index contributed by atoms with van der Waals surface area (Å²) in [6, 6.07) is 9.11. The maximum atomic E-state index is 10.5. The van der Waals surface area contributed by atoms with Crippen LogP contribution in [0.15, 0.2) is 30.3 Å². The van der Waals surface area contributed by atoms with Gasteiger partial charge in [0.1, 0.15) is 0 Å². The summed E-state index contributed by atoms with van der Waals surface area (Å²) in [5.41, 5.74) is 0.828. The molecule has 0 saturated carbocycles. The van der Waals surface area contributed by atoms with E-state index in [1.807, 2.05) is 37.3 Å². The van der Waals surface area contributed by atoms with Crippen LogP contribution in [0.3, 0.4) is 0 Å². The van der Waals surface area contributed by atoms with Gasteiger partial charge in [-0.1, -0.05) is 30.3 Å². The van der Waals surface area contributed by atoms with Crippen molar-refractivity contribution in [2.45, 2.75) is 19.1 Å². The van der Waals surface area contributed by atoms with Gasteiger partial charge in [-0.25, -0.2) is 0 Å². The second-order valence-corrected chi connectivity index (χ2v) is 3.37. The first kappa shape index (κ1) is 10.7. The molecule has 2 unspecified atom stereocenters. The van der Waals surface area contributed by atoms with Crippen LogP contribution in [0.1, 0.15) is 18.6 Å². The van der Waals surface area contributed by atoms with E-state index in [1.165, 1.54) is 4.90 Å². The third kappa shape index (κ3) is 2.33. The van der Waals surface area contributed by atoms with Crippen molar-refractivity contribution in [3.63, 3.8) is 0 Å². The lowest BCUT2D eigenvalue weighted by Gasteiger charge is -2.25. The van der Waals surface area contributed by atoms with Gasteiger partial charge in [0.25, 0.3) is 0 Å². The van der Waals surface area contributed by atoms with Crippen LogP contribution in [-0.2, 0) is 4.79 Å². The topological polar surface area (TPSA) is 40.5 Å². The fourth-order valence-electron chi connectivity index (χ4n) is 1.25. The fourth-order valence-corrected chi connectivity index (χ4v) is 1.25. The molecule has 3 heteroatoms. The van der Waals surface area contributed by atoms with Crippen LogP contribution < -0.4 is 0 Å². The molecule has 0 aliphatic carbocycles. The number of likely N-dealkylation sites (N-methyl/N-ethyl adjacent to an activating group) is 1. The van der Waals surface area contributed by atoms with Crippen molar-refractivity contribution in [3.05, 3.63) is 35.9 Å². The first-order valence-corrected chi connectivity index (χ1v) is 4.57. The highest BCUT2D eigenvalue weighted by atomic mass is 16.3. The van der Waals surface area contributed by atoms with Gasteiger partial charge >= 0.3 is 0 Å². The van der Waals surface area contributed by atoms with Gasteiger partial charge in [-0.2, -0.15) is 0 Å². The lowest BCUT2D eigenvalue weighted by molar-refractivity contribution is -0.120. The molecule has 76 valence electrons. The Hall–Kier alpha value is -1.35. The molecule has 0 saturated heterocycles. The van der Waals surface area contributed by atoms with E-state index in [9.17, 15) is 9.90 Å². The molecule has 0 aliphatic rings. The van der Waals surface area contributed by atoms with Crippen molar-refractivity contribution in [1.82, 2.24) is 4.90 Å². The molecule has 1 aromatic carbocycles. The predicted molar refractivity (Wildman–Crippen MR) is 54.7 cm³/mol. The van der Waals surface area contributed by atoms with Crippen LogP contribution in [0.2, 0.25) is 0 Å². The maximum Gasteiger partial charge on any atom is 0.209 e. The SMILES string of the molecule is CC(C(O)c1ccccc1)N(C)C=O. The highest BCUT2D eigenvalue weighted by Crippen LogP contribution is 2.18. The zero-order valence-corrected chi connectivity index (χ0v) is 8.42. The molecule has 0 radical (unpaired) electrons. The fraction of sp³-hybridized carbons (Fsp3) is 0.364. The zero-order valence-electron chi connectivity index (χ0n) is 8.42. The number of carbonyl (C=O) groups excluding carboxylic acids is 1. The molecule has 0 fully saturated rings. The zero-order chi connectivity index (χ0) is 10.6. The summed E-state index contributed by atoms with van der Waals surface area (Å²) < 4.78 is 0. The number of nitrogens with zero attached hydrogens (tertiary/aromatic N) is 1. The second kappa shape index (κ2) is 4.77. The molecular formula is C11H15NO2. The summed E-state index contributed by atoms with van der Waals surface area (Å²) in [6.07, 6.45) is 0.0861. The van der Waals surface area contributed by atoms with E-state index in [2.05, 4.69) is 0 Å². The van der Waals surface area contributed by atoms with E-state index >= 15 is 0 Å². The van der Waals surface area contributed by atoms with Crippen molar-refractivity contribution in [3.8, 4) is 0 Å². The normalized spacial score (nSPS) is 14.5. The Morgan fingerprint density at radius 2 is 1.93 bits per heavy atom. The van der Waals surface area contributed by atoms with Crippen molar-refractivity contribution < 1.29 is 9.90 Å². The summed E-state index contributed by atoms with van der Waals surface area (Å²) >= 11 is 0. The number of aliphatic hydroxyl groups excluding tert-OH is 1. The minimum Gasteiger partial charge on any atom is -0.386 e. The molecule has 1 rings (SSSR count). The molecular weight excluding hydrogens is 178 g/mol. The minimum absolute atomic E-state index is 0.213. The summed E-state index contributed by atoms with van der Waals surface area (Å²) in [6.45, 7) is 1.81. The Balaban J connectivity index is 2.75. The quantitative estimate of drug-likeness (QED) is 0.730. The van der Waals surface area contributed by atoms with Crippen LogP contribution in [0, 0.1) is 0 Å². The Morgan fingerprint density at radius 1 is 1.36 bits per heavy atom. The van der Waals surface area contributed by atoms with Crippen LogP contribution in [-0.4, -0.2) is 29.5 Å². The van der Waals surface area contributed by atoms with E-state index in [0.717, 1.165) is 12.0 Å². The van der Waals surface area contributed by atoms with Gasteiger partial charge in [-0.3, -0.25) is 4.79 Å². The molecule has 0 aromatic heterocycles. The third-order valence-electron chi connectivity index (χ3n) is 2.41. The monoisotopic (exact) mass is 193 g/mol. The molecule has 1 N–H and O–H groups in total. The van der Waals surface area contributed by atoms with Crippen LogP contribution in [0.4, 0.5) is 0 Å². The van der Waals surface area contributed by atoms with Gasteiger partial charge in [0.2, 0.25) is 6.41 Å². The molecule has 14 heavy (non-hydrogen) atoms. The molecule has 1 amide bonds. The number of carbonyl (C=O) groups is 1. The summed E-state index contributed by atoms with van der Waals surface area (Å²) in [5, 5.41) is 9.89. The highest BCUT2D eigenvalue weighted by Gasteiger charge is 2.18. The number of amides is 1. The van der Waals surface area contributed by atoms with Crippen LogP contribution >= 0.6 is 0 Å². The summed E-state index contributed by atoms with van der Waals surface area (Å²) in [4.78, 5) is 12.0. The van der Waals surface area contributed by atoms with Gasteiger partial charge in [0, 0.05) is 7.05 Å². The number of hydrogen-bond donors (Lipinski definition) is 1. The van der Waals surface area contributed by atoms with E-state index in [-0.39, 0.29) is 6.04 Å². The smallest absolute Gasteiger partial charge is 0.209 e. The van der Waals surface area contributed by atoms with Crippen molar-refractivity contribution in [2.75, 3.05) is 7.05 Å². The summed E-state index contributed by atoms with van der Waals surface area (Å²) in [5.74, 6) is 0. The standard InChI is InChI=1S/C11H15NO2/c1-9(12(2)8-13)11(14)10-6-4-3-5-7-10/h3-9,11,14H,1-2H3. The Morgan fingerprint density at radius 3 is 2.43 bits per heavy atom. The van der Waals surface area contributed by atoms with Gasteiger partial charge < -0.3 is 10.0 Å². The first-order chi connectivity index (χ1) is 6.66. The summed E-state index contributed by atoms with van der Waals surface area (Å²) in [7, 11) is 1.66. The van der Waals surface area contributed by atoms with E-state index in [4.69, 9.17) is 0 Å². The van der Waals surface area contributed by atoms with Crippen LogP contribution in [0.25, 0.3) is 0 Å². The molecule has 3 nitrogen and oxygen atoms in total. The average molecular weight is 193 g/mol. The Kier molecular flexibility index (Phi) is 3.65. The molecule has 2 atom stereocenters. The number of hydrogen-bond acceptors (Lipinski definition) is 2. The molecule has 0 spiro atoms. The van der Waals surface area contributed by atoms with E-state index in [1.54, 1.807) is 7.05 Å². The average Bonchev–Trinajstić information content (AvgIpc) is 2.27. The van der Waals surface area contributed by atoms with Crippen LogP contribution in [0.5, 0.6) is 0 Å². The van der Waals surface area contributed by atoms with Gasteiger partial charge in [-0.15, -0.1) is 0 Å². The molecule has 1 aromatic rings. The Labute approximate surface area is 84.0 Å². The highest BCUT2D eigenvalue weighted by molar-refractivity contribution is 5.47. The lowest BCUT2D eigenvalue weighted by Crippen LogP contribution is -2.33. The van der Waals surface area contributed by atoms with E-state index in [0.29, 0.717) is 0 Å². The van der Waals surface area contributed by atoms with Gasteiger partial charge in [0.05, 0.1) is 12.1 Å². The number of rotatable bonds is 4.